The predicted molar refractivity (Wildman–Crippen MR) is 117 cm³/mol. The average Bonchev–Trinajstić information content (AvgIpc) is 3.57. The largest absolute Gasteiger partial charge is 0.504 e. The van der Waals surface area contributed by atoms with Gasteiger partial charge in [0.1, 0.15) is 40.4 Å². The molecule has 1 N–H and O–H groups in total. The van der Waals surface area contributed by atoms with Crippen molar-refractivity contribution in [2.75, 3.05) is 13.1 Å². The maximum Gasteiger partial charge on any atom is 0.504 e. The summed E-state index contributed by atoms with van der Waals surface area (Å²) in [7, 11) is 0. The van der Waals surface area contributed by atoms with Gasteiger partial charge >= 0.3 is 6.30 Å². The van der Waals surface area contributed by atoms with Crippen molar-refractivity contribution in [3.8, 4) is 23.1 Å². The van der Waals surface area contributed by atoms with Crippen molar-refractivity contribution < 1.29 is 17.9 Å². The molecule has 0 aromatic carbocycles. The average molecular weight is 485 g/mol. The Balaban J connectivity index is 1.53. The zero-order valence-electron chi connectivity index (χ0n) is 19.0. The minimum atomic E-state index is -4.62. The number of ether oxygens (including phenoxy) is 1. The summed E-state index contributed by atoms with van der Waals surface area (Å²) in [6, 6.07) is 5.27. The Bertz CT molecular complexity index is 1410. The van der Waals surface area contributed by atoms with E-state index >= 15 is 0 Å². The van der Waals surface area contributed by atoms with Gasteiger partial charge < -0.3 is 10.1 Å². The number of alkyl halides is 3. The van der Waals surface area contributed by atoms with Crippen LogP contribution in [0.3, 0.4) is 0 Å². The first kappa shape index (κ1) is 22.9. The Morgan fingerprint density at radius 2 is 2.06 bits per heavy atom. The lowest BCUT2D eigenvalue weighted by Gasteiger charge is -2.23. The first-order chi connectivity index (χ1) is 16.8. The lowest BCUT2D eigenvalue weighted by Crippen LogP contribution is -2.30. The summed E-state index contributed by atoms with van der Waals surface area (Å²) in [6.07, 6.45) is 0.425. The standard InChI is InChI=1S/C22H22F3N9O/c1-13-20(29-31-34(13)17-3-6-27-7-4-17)15-9-19(21-16(10-26)11-28-32(21)12-15)35-14(2)18-5-8-33(30-18)22(23,24)25/h5,8-9,11-12,14,17,27H,3-4,6-7H2,1-2H3. The zero-order chi connectivity index (χ0) is 24.7. The maximum absolute atomic E-state index is 13.0. The van der Waals surface area contributed by atoms with Crippen LogP contribution in [-0.2, 0) is 6.30 Å². The van der Waals surface area contributed by atoms with Gasteiger partial charge in [0.05, 0.1) is 17.9 Å². The van der Waals surface area contributed by atoms with Gasteiger partial charge in [0, 0.05) is 18.0 Å². The number of fused-ring (bicyclic) bond motifs is 1. The van der Waals surface area contributed by atoms with Crippen molar-refractivity contribution in [2.24, 2.45) is 0 Å². The molecule has 0 spiro atoms. The summed E-state index contributed by atoms with van der Waals surface area (Å²) in [4.78, 5) is 0. The van der Waals surface area contributed by atoms with Gasteiger partial charge in [-0.05, 0) is 51.9 Å². The van der Waals surface area contributed by atoms with Crippen LogP contribution in [0.5, 0.6) is 5.75 Å². The molecule has 13 heteroatoms. The van der Waals surface area contributed by atoms with E-state index in [1.54, 1.807) is 19.2 Å². The van der Waals surface area contributed by atoms with Gasteiger partial charge in [-0.2, -0.15) is 20.1 Å². The highest BCUT2D eigenvalue weighted by molar-refractivity contribution is 5.74. The van der Waals surface area contributed by atoms with Crippen LogP contribution in [0.15, 0.2) is 30.7 Å². The van der Waals surface area contributed by atoms with Gasteiger partial charge in [-0.1, -0.05) is 5.21 Å². The fourth-order valence-electron chi connectivity index (χ4n) is 4.34. The Labute approximate surface area is 197 Å². The van der Waals surface area contributed by atoms with Gasteiger partial charge in [0.15, 0.2) is 0 Å². The van der Waals surface area contributed by atoms with Gasteiger partial charge in [0.25, 0.3) is 0 Å². The lowest BCUT2D eigenvalue weighted by molar-refractivity contribution is -0.212. The molecule has 5 rings (SSSR count). The summed E-state index contributed by atoms with van der Waals surface area (Å²) < 4.78 is 48.3. The number of hydrogen-bond acceptors (Lipinski definition) is 7. The summed E-state index contributed by atoms with van der Waals surface area (Å²) >= 11 is 0. The van der Waals surface area contributed by atoms with Crippen molar-refractivity contribution in [3.63, 3.8) is 0 Å². The molecule has 35 heavy (non-hydrogen) atoms. The molecule has 5 heterocycles. The molecule has 1 unspecified atom stereocenters. The van der Waals surface area contributed by atoms with Crippen LogP contribution in [0, 0.1) is 18.3 Å². The third kappa shape index (κ3) is 4.21. The minimum Gasteiger partial charge on any atom is -0.482 e. The number of nitrogens with zero attached hydrogens (tertiary/aromatic N) is 8. The molecule has 10 nitrogen and oxygen atoms in total. The molecule has 0 saturated carbocycles. The lowest BCUT2D eigenvalue weighted by atomic mass is 10.1. The van der Waals surface area contributed by atoms with Gasteiger partial charge in [-0.15, -0.1) is 18.3 Å². The summed E-state index contributed by atoms with van der Waals surface area (Å²) in [5.41, 5.74) is 2.95. The number of piperidine rings is 1. The molecule has 182 valence electrons. The minimum absolute atomic E-state index is 0.0732. The van der Waals surface area contributed by atoms with Crippen LogP contribution in [-0.4, -0.2) is 47.5 Å². The smallest absolute Gasteiger partial charge is 0.482 e. The molecule has 0 amide bonds. The molecule has 1 aliphatic heterocycles. The second kappa shape index (κ2) is 8.70. The van der Waals surface area contributed by atoms with E-state index < -0.39 is 12.4 Å². The van der Waals surface area contributed by atoms with E-state index in [1.165, 1.54) is 16.8 Å². The summed E-state index contributed by atoms with van der Waals surface area (Å²) in [6.45, 7) is 5.36. The zero-order valence-corrected chi connectivity index (χ0v) is 19.0. The molecule has 0 bridgehead atoms. The number of nitrogens with one attached hydrogen (secondary N) is 1. The van der Waals surface area contributed by atoms with E-state index in [0.29, 0.717) is 16.8 Å². The first-order valence-electron chi connectivity index (χ1n) is 11.1. The van der Waals surface area contributed by atoms with Crippen molar-refractivity contribution in [1.82, 2.24) is 39.7 Å². The van der Waals surface area contributed by atoms with E-state index in [0.717, 1.165) is 37.8 Å². The van der Waals surface area contributed by atoms with E-state index in [2.05, 4.69) is 31.9 Å². The Morgan fingerprint density at radius 1 is 1.29 bits per heavy atom. The van der Waals surface area contributed by atoms with Gasteiger partial charge in [-0.25, -0.2) is 9.20 Å². The van der Waals surface area contributed by atoms with Crippen molar-refractivity contribution >= 4 is 5.52 Å². The van der Waals surface area contributed by atoms with Crippen molar-refractivity contribution in [1.29, 1.82) is 5.26 Å². The highest BCUT2D eigenvalue weighted by atomic mass is 19.4. The van der Waals surface area contributed by atoms with Crippen LogP contribution in [0.1, 0.15) is 48.9 Å². The number of rotatable bonds is 5. The molecule has 0 radical (unpaired) electrons. The normalized spacial score (nSPS) is 15.9. The molecule has 0 aliphatic carbocycles. The molecule has 4 aromatic heterocycles. The van der Waals surface area contributed by atoms with E-state index in [9.17, 15) is 18.4 Å². The molecular weight excluding hydrogens is 463 g/mol. The molecule has 4 aromatic rings. The number of pyridine rings is 1. The highest BCUT2D eigenvalue weighted by Gasteiger charge is 2.32. The van der Waals surface area contributed by atoms with E-state index in [-0.39, 0.29) is 27.7 Å². The van der Waals surface area contributed by atoms with Crippen molar-refractivity contribution in [3.05, 3.63) is 47.7 Å². The Morgan fingerprint density at radius 3 is 2.74 bits per heavy atom. The Kier molecular flexibility index (Phi) is 5.68. The number of hydrogen-bond donors (Lipinski definition) is 1. The van der Waals surface area contributed by atoms with Crippen LogP contribution in [0.4, 0.5) is 13.2 Å². The van der Waals surface area contributed by atoms with Crippen LogP contribution in [0.25, 0.3) is 16.8 Å². The Hall–Kier alpha value is -3.92. The molecule has 1 atom stereocenters. The van der Waals surface area contributed by atoms with Gasteiger partial charge in [-0.3, -0.25) is 0 Å². The quantitative estimate of drug-likeness (QED) is 0.461. The van der Waals surface area contributed by atoms with E-state index in [4.69, 9.17) is 4.74 Å². The maximum atomic E-state index is 13.0. The fraction of sp³-hybridized carbons (Fsp3) is 0.409. The van der Waals surface area contributed by atoms with Gasteiger partial charge in [0.2, 0.25) is 0 Å². The number of aromatic nitrogens is 7. The van der Waals surface area contributed by atoms with Crippen LogP contribution in [0.2, 0.25) is 0 Å². The summed E-state index contributed by atoms with van der Waals surface area (Å²) in [5.74, 6) is 0.279. The third-order valence-corrected chi connectivity index (χ3v) is 6.14. The number of nitriles is 1. The monoisotopic (exact) mass is 485 g/mol. The van der Waals surface area contributed by atoms with E-state index in [1.807, 2.05) is 11.6 Å². The van der Waals surface area contributed by atoms with Crippen LogP contribution >= 0.6 is 0 Å². The topological polar surface area (TPSA) is 111 Å². The predicted octanol–water partition coefficient (Wildman–Crippen LogP) is 3.51. The second-order valence-electron chi connectivity index (χ2n) is 8.42. The molecule has 1 fully saturated rings. The SMILES string of the molecule is Cc1c(-c2cc(OC(C)c3ccn(C(F)(F)F)n3)c3c(C#N)cnn3c2)nnn1C1CCNCC1. The number of halogens is 3. The fourth-order valence-corrected chi connectivity index (χ4v) is 4.34. The highest BCUT2D eigenvalue weighted by Crippen LogP contribution is 2.34. The second-order valence-corrected chi connectivity index (χ2v) is 8.42. The molecule has 1 saturated heterocycles. The first-order valence-corrected chi connectivity index (χ1v) is 11.1. The third-order valence-electron chi connectivity index (χ3n) is 6.14. The van der Waals surface area contributed by atoms with Crippen LogP contribution < -0.4 is 10.1 Å². The summed E-state index contributed by atoms with van der Waals surface area (Å²) in [5, 5.41) is 29.5. The van der Waals surface area contributed by atoms with Crippen molar-refractivity contribution in [2.45, 2.75) is 45.1 Å². The molecule has 1 aliphatic rings. The molecular formula is C22H22F3N9O.